The molecule has 0 aromatic carbocycles. The molecule has 1 aliphatic rings. The minimum Gasteiger partial charge on any atom is -0.314 e. The van der Waals surface area contributed by atoms with Crippen LogP contribution in [-0.2, 0) is 0 Å². The van der Waals surface area contributed by atoms with Gasteiger partial charge in [-0.15, -0.1) is 0 Å². The fourth-order valence-electron chi connectivity index (χ4n) is 1.84. The average Bonchev–Trinajstić information content (AvgIpc) is 2.52. The van der Waals surface area contributed by atoms with Crippen LogP contribution in [0.2, 0.25) is 0 Å². The first kappa shape index (κ1) is 9.16. The molecule has 1 aliphatic heterocycles. The predicted molar refractivity (Wildman–Crippen MR) is 56.8 cm³/mol. The van der Waals surface area contributed by atoms with Crippen LogP contribution >= 0.6 is 15.9 Å². The number of nitrogens with zero attached hydrogens (tertiary/aromatic N) is 1. The molecule has 0 radical (unpaired) electrons. The lowest BCUT2D eigenvalue weighted by atomic mass is 9.98. The molecule has 0 amide bonds. The highest BCUT2D eigenvalue weighted by molar-refractivity contribution is 9.10. The van der Waals surface area contributed by atoms with Crippen LogP contribution in [0.1, 0.15) is 24.8 Å². The molecule has 1 N–H and O–H groups in total. The van der Waals surface area contributed by atoms with E-state index in [0.717, 1.165) is 11.0 Å². The summed E-state index contributed by atoms with van der Waals surface area (Å²) in [4.78, 5) is 4.18. The van der Waals surface area contributed by atoms with Crippen molar-refractivity contribution in [3.8, 4) is 0 Å². The number of halogens is 1. The first-order valence-electron chi connectivity index (χ1n) is 4.59. The summed E-state index contributed by atoms with van der Waals surface area (Å²) in [6.07, 6.45) is 5.02. The molecule has 3 heteroatoms. The second-order valence-corrected chi connectivity index (χ2v) is 4.59. The zero-order valence-electron chi connectivity index (χ0n) is 7.63. The molecule has 2 atom stereocenters. The average molecular weight is 241 g/mol. The normalized spacial score (nSPS) is 27.8. The summed E-state index contributed by atoms with van der Waals surface area (Å²) in [5.74, 6) is 0.639. The van der Waals surface area contributed by atoms with Gasteiger partial charge in [-0.05, 0) is 46.8 Å². The molecule has 0 aliphatic carbocycles. The molecule has 70 valence electrons. The zero-order chi connectivity index (χ0) is 9.26. The number of aromatic nitrogens is 1. The van der Waals surface area contributed by atoms with Crippen molar-refractivity contribution < 1.29 is 0 Å². The Bertz CT molecular complexity index is 301. The van der Waals surface area contributed by atoms with Crippen molar-refractivity contribution in [3.05, 3.63) is 28.5 Å². The number of rotatable bonds is 1. The van der Waals surface area contributed by atoms with Gasteiger partial charge in [0.15, 0.2) is 0 Å². The molecule has 2 unspecified atom stereocenters. The topological polar surface area (TPSA) is 24.9 Å². The van der Waals surface area contributed by atoms with E-state index in [9.17, 15) is 0 Å². The van der Waals surface area contributed by atoms with Crippen molar-refractivity contribution >= 4 is 15.9 Å². The highest BCUT2D eigenvalue weighted by atomic mass is 79.9. The van der Waals surface area contributed by atoms with Crippen molar-refractivity contribution in [3.63, 3.8) is 0 Å². The van der Waals surface area contributed by atoms with E-state index in [1.807, 2.05) is 12.4 Å². The van der Waals surface area contributed by atoms with Crippen LogP contribution in [-0.4, -0.2) is 17.6 Å². The third kappa shape index (κ3) is 2.09. The van der Waals surface area contributed by atoms with Gasteiger partial charge in [0.05, 0.1) is 0 Å². The molecule has 1 saturated heterocycles. The van der Waals surface area contributed by atoms with Gasteiger partial charge in [-0.1, -0.05) is 0 Å². The van der Waals surface area contributed by atoms with Crippen molar-refractivity contribution in [1.29, 1.82) is 0 Å². The highest BCUT2D eigenvalue weighted by Crippen LogP contribution is 2.26. The minimum absolute atomic E-state index is 0.639. The molecule has 1 fully saturated rings. The van der Waals surface area contributed by atoms with E-state index in [1.165, 1.54) is 12.0 Å². The molecule has 1 aromatic heterocycles. The predicted octanol–water partition coefficient (Wildman–Crippen LogP) is 2.31. The zero-order valence-corrected chi connectivity index (χ0v) is 9.21. The largest absolute Gasteiger partial charge is 0.314 e. The van der Waals surface area contributed by atoms with Gasteiger partial charge in [0.1, 0.15) is 0 Å². The highest BCUT2D eigenvalue weighted by Gasteiger charge is 2.22. The Labute approximate surface area is 86.9 Å². The van der Waals surface area contributed by atoms with Gasteiger partial charge in [-0.3, -0.25) is 4.98 Å². The molecule has 13 heavy (non-hydrogen) atoms. The number of pyridine rings is 1. The van der Waals surface area contributed by atoms with E-state index in [4.69, 9.17) is 0 Å². The van der Waals surface area contributed by atoms with Crippen LogP contribution in [0.5, 0.6) is 0 Å². The summed E-state index contributed by atoms with van der Waals surface area (Å²) < 4.78 is 1.07. The molecule has 2 nitrogen and oxygen atoms in total. The number of hydrogen-bond acceptors (Lipinski definition) is 2. The molecule has 0 saturated carbocycles. The monoisotopic (exact) mass is 240 g/mol. The van der Waals surface area contributed by atoms with Crippen LogP contribution in [0.4, 0.5) is 0 Å². The van der Waals surface area contributed by atoms with E-state index in [2.05, 4.69) is 39.2 Å². The fraction of sp³-hybridized carbons (Fsp3) is 0.500. The first-order chi connectivity index (χ1) is 6.25. The minimum atomic E-state index is 0.639. The first-order valence-corrected chi connectivity index (χ1v) is 5.39. The molecule has 1 aromatic rings. The third-order valence-electron chi connectivity index (χ3n) is 2.55. The molecular weight excluding hydrogens is 228 g/mol. The Kier molecular flexibility index (Phi) is 2.65. The van der Waals surface area contributed by atoms with E-state index in [1.54, 1.807) is 0 Å². The van der Waals surface area contributed by atoms with E-state index in [-0.39, 0.29) is 0 Å². The molecule has 0 spiro atoms. The van der Waals surface area contributed by atoms with Crippen molar-refractivity contribution in [2.24, 2.45) is 0 Å². The Morgan fingerprint density at radius 3 is 3.00 bits per heavy atom. The van der Waals surface area contributed by atoms with Gasteiger partial charge >= 0.3 is 0 Å². The van der Waals surface area contributed by atoms with Gasteiger partial charge in [-0.25, -0.2) is 0 Å². The van der Waals surface area contributed by atoms with Gasteiger partial charge in [0.2, 0.25) is 0 Å². The van der Waals surface area contributed by atoms with Crippen LogP contribution in [0, 0.1) is 0 Å². The molecule has 0 bridgehead atoms. The molecule has 2 rings (SSSR count). The molecule has 2 heterocycles. The molecular formula is C10H13BrN2. The Balaban J connectivity index is 2.16. The maximum absolute atomic E-state index is 4.18. The van der Waals surface area contributed by atoms with E-state index in [0.29, 0.717) is 12.0 Å². The van der Waals surface area contributed by atoms with Crippen LogP contribution in [0.25, 0.3) is 0 Å². The standard InChI is InChI=1S/C10H13BrN2/c1-7-2-8(5-13-7)9-3-10(11)6-12-4-9/h3-4,6-8,13H,2,5H2,1H3. The van der Waals surface area contributed by atoms with E-state index >= 15 is 0 Å². The van der Waals surface area contributed by atoms with Gasteiger partial charge < -0.3 is 5.32 Å². The van der Waals surface area contributed by atoms with Crippen molar-refractivity contribution in [1.82, 2.24) is 10.3 Å². The van der Waals surface area contributed by atoms with Crippen LogP contribution < -0.4 is 5.32 Å². The summed E-state index contributed by atoms with van der Waals surface area (Å²) in [5, 5.41) is 3.44. The second-order valence-electron chi connectivity index (χ2n) is 3.68. The Hall–Kier alpha value is -0.410. The summed E-state index contributed by atoms with van der Waals surface area (Å²) >= 11 is 3.44. The lowest BCUT2D eigenvalue weighted by Gasteiger charge is -2.07. The van der Waals surface area contributed by atoms with Crippen LogP contribution in [0.15, 0.2) is 22.9 Å². The number of nitrogens with one attached hydrogen (secondary N) is 1. The summed E-state index contributed by atoms with van der Waals surface area (Å²) in [7, 11) is 0. The van der Waals surface area contributed by atoms with Gasteiger partial charge in [0.25, 0.3) is 0 Å². The Morgan fingerprint density at radius 1 is 1.54 bits per heavy atom. The fourth-order valence-corrected chi connectivity index (χ4v) is 2.22. The Morgan fingerprint density at radius 2 is 2.38 bits per heavy atom. The smallest absolute Gasteiger partial charge is 0.0410 e. The summed E-state index contributed by atoms with van der Waals surface area (Å²) in [6, 6.07) is 2.81. The van der Waals surface area contributed by atoms with Gasteiger partial charge in [0, 0.05) is 29.5 Å². The quantitative estimate of drug-likeness (QED) is 0.816. The lowest BCUT2D eigenvalue weighted by Crippen LogP contribution is -2.16. The SMILES string of the molecule is CC1CC(c2cncc(Br)c2)CN1. The maximum atomic E-state index is 4.18. The summed E-state index contributed by atoms with van der Waals surface area (Å²) in [5.41, 5.74) is 1.34. The van der Waals surface area contributed by atoms with Crippen molar-refractivity contribution in [2.75, 3.05) is 6.54 Å². The number of hydrogen-bond donors (Lipinski definition) is 1. The third-order valence-corrected chi connectivity index (χ3v) is 2.98. The summed E-state index contributed by atoms with van der Waals surface area (Å²) in [6.45, 7) is 3.31. The van der Waals surface area contributed by atoms with Crippen molar-refractivity contribution in [2.45, 2.75) is 25.3 Å². The maximum Gasteiger partial charge on any atom is 0.0410 e. The van der Waals surface area contributed by atoms with Crippen LogP contribution in [0.3, 0.4) is 0 Å². The second kappa shape index (κ2) is 3.76. The lowest BCUT2D eigenvalue weighted by molar-refractivity contribution is 0.658. The van der Waals surface area contributed by atoms with E-state index < -0.39 is 0 Å². The van der Waals surface area contributed by atoms with Gasteiger partial charge in [-0.2, -0.15) is 0 Å².